The summed E-state index contributed by atoms with van der Waals surface area (Å²) < 4.78 is 32.0. The van der Waals surface area contributed by atoms with Crippen molar-refractivity contribution in [2.75, 3.05) is 19.5 Å². The first-order valence-corrected chi connectivity index (χ1v) is 11.5. The van der Waals surface area contributed by atoms with Crippen molar-refractivity contribution in [3.05, 3.63) is 72.5 Å². The Bertz CT molecular complexity index is 1450. The minimum atomic E-state index is -0.565. The fourth-order valence-electron chi connectivity index (χ4n) is 3.83. The smallest absolute Gasteiger partial charge is 0.309 e. The zero-order valence-corrected chi connectivity index (χ0v) is 20.9. The van der Waals surface area contributed by atoms with Gasteiger partial charge in [-0.15, -0.1) is 0 Å². The molecule has 0 atom stereocenters. The lowest BCUT2D eigenvalue weighted by Crippen LogP contribution is -2.09. The molecule has 37 heavy (non-hydrogen) atoms. The number of ether oxygens (including phenoxy) is 3. The Morgan fingerprint density at radius 3 is 2.27 bits per heavy atom. The Balaban J connectivity index is 1.97. The fraction of sp³-hybridized carbons (Fsp3) is 0.179. The number of anilines is 1. The van der Waals surface area contributed by atoms with Crippen LogP contribution in [0.25, 0.3) is 28.1 Å². The summed E-state index contributed by atoms with van der Waals surface area (Å²) in [4.78, 5) is 24.0. The number of methoxy groups -OCH3 is 2. The van der Waals surface area contributed by atoms with E-state index in [-0.39, 0.29) is 11.8 Å². The average molecular weight is 504 g/mol. The molecule has 1 aromatic heterocycles. The Morgan fingerprint density at radius 1 is 0.946 bits per heavy atom. The van der Waals surface area contributed by atoms with Gasteiger partial charge in [0.05, 0.1) is 25.5 Å². The van der Waals surface area contributed by atoms with Crippen LogP contribution in [-0.4, -0.2) is 35.9 Å². The van der Waals surface area contributed by atoms with E-state index in [0.29, 0.717) is 51.7 Å². The molecule has 0 spiro atoms. The summed E-state index contributed by atoms with van der Waals surface area (Å²) >= 11 is 0. The highest BCUT2D eigenvalue weighted by atomic mass is 19.1. The Hall–Kier alpha value is -4.66. The molecule has 0 radical (unpaired) electrons. The highest BCUT2D eigenvalue weighted by molar-refractivity contribution is 5.92. The molecular formula is C28H26FN3O5. The van der Waals surface area contributed by atoms with Gasteiger partial charge in [0, 0.05) is 24.6 Å². The first kappa shape index (κ1) is 25.4. The zero-order chi connectivity index (χ0) is 26.5. The topological polar surface area (TPSA) is 91.7 Å². The maximum absolute atomic E-state index is 14.1. The molecule has 0 aliphatic heterocycles. The molecule has 8 nitrogen and oxygen atoms in total. The third-order valence-electron chi connectivity index (χ3n) is 5.57. The normalized spacial score (nSPS) is 10.6. The van der Waals surface area contributed by atoms with Gasteiger partial charge in [-0.1, -0.05) is 25.1 Å². The molecule has 3 aromatic carbocycles. The maximum atomic E-state index is 14.1. The molecule has 190 valence electrons. The Kier molecular flexibility index (Phi) is 7.52. The van der Waals surface area contributed by atoms with Crippen LogP contribution in [0.3, 0.4) is 0 Å². The van der Waals surface area contributed by atoms with Gasteiger partial charge in [-0.2, -0.15) is 9.78 Å². The number of hydrogen-bond donors (Lipinski definition) is 1. The van der Waals surface area contributed by atoms with E-state index in [1.165, 1.54) is 30.8 Å². The monoisotopic (exact) mass is 503 g/mol. The number of amides is 1. The zero-order valence-electron chi connectivity index (χ0n) is 20.9. The molecular weight excluding hydrogens is 477 g/mol. The second-order valence-corrected chi connectivity index (χ2v) is 8.06. The molecule has 4 aromatic rings. The largest absolute Gasteiger partial charge is 0.493 e. The van der Waals surface area contributed by atoms with Crippen LogP contribution >= 0.6 is 0 Å². The molecule has 0 unspecified atom stereocenters. The molecule has 0 aliphatic rings. The molecule has 1 amide bonds. The number of nitrogens with zero attached hydrogens (tertiary/aromatic N) is 2. The van der Waals surface area contributed by atoms with Crippen molar-refractivity contribution in [2.45, 2.75) is 20.3 Å². The van der Waals surface area contributed by atoms with E-state index in [2.05, 4.69) is 5.32 Å². The van der Waals surface area contributed by atoms with E-state index in [4.69, 9.17) is 19.3 Å². The SMILES string of the molecule is CCC(=O)Nc1ccc(-c2c(-c3ccc(OC)c(OC)c3)nn(-c3cccc(F)c3)c2OC(C)=O)cc1. The number of halogens is 1. The van der Waals surface area contributed by atoms with E-state index in [1.807, 2.05) is 0 Å². The van der Waals surface area contributed by atoms with Crippen molar-refractivity contribution in [3.8, 4) is 45.5 Å². The number of nitrogens with one attached hydrogen (secondary N) is 1. The summed E-state index contributed by atoms with van der Waals surface area (Å²) in [5, 5.41) is 7.55. The highest BCUT2D eigenvalue weighted by Gasteiger charge is 2.25. The van der Waals surface area contributed by atoms with Gasteiger partial charge in [-0.05, 0) is 54.1 Å². The average Bonchev–Trinajstić information content (AvgIpc) is 3.27. The fourth-order valence-corrected chi connectivity index (χ4v) is 3.83. The van der Waals surface area contributed by atoms with Crippen molar-refractivity contribution in [1.82, 2.24) is 9.78 Å². The van der Waals surface area contributed by atoms with E-state index >= 15 is 0 Å². The van der Waals surface area contributed by atoms with Crippen molar-refractivity contribution in [3.63, 3.8) is 0 Å². The number of rotatable bonds is 8. The Morgan fingerprint density at radius 2 is 1.65 bits per heavy atom. The lowest BCUT2D eigenvalue weighted by atomic mass is 10.0. The second kappa shape index (κ2) is 10.9. The number of esters is 1. The quantitative estimate of drug-likeness (QED) is 0.313. The number of carbonyl (C=O) groups is 2. The first-order chi connectivity index (χ1) is 17.8. The molecule has 0 saturated carbocycles. The van der Waals surface area contributed by atoms with Gasteiger partial charge in [0.25, 0.3) is 0 Å². The first-order valence-electron chi connectivity index (χ1n) is 11.5. The van der Waals surface area contributed by atoms with Gasteiger partial charge in [0.2, 0.25) is 11.8 Å². The van der Waals surface area contributed by atoms with Crippen LogP contribution in [0.4, 0.5) is 10.1 Å². The minimum absolute atomic E-state index is 0.113. The van der Waals surface area contributed by atoms with Crippen molar-refractivity contribution < 1.29 is 28.2 Å². The number of benzene rings is 3. The summed E-state index contributed by atoms with van der Waals surface area (Å²) in [6, 6.07) is 18.2. The molecule has 0 aliphatic carbocycles. The van der Waals surface area contributed by atoms with Gasteiger partial charge in [0.15, 0.2) is 11.5 Å². The lowest BCUT2D eigenvalue weighted by molar-refractivity contribution is -0.132. The lowest BCUT2D eigenvalue weighted by Gasteiger charge is -2.11. The van der Waals surface area contributed by atoms with Gasteiger partial charge < -0.3 is 19.5 Å². The standard InChI is InChI=1S/C28H26FN3O5/c1-5-25(34)30-21-12-9-18(10-13-21)26-27(19-11-14-23(35-3)24(15-19)36-4)31-32(28(26)37-17(2)33)22-8-6-7-20(29)16-22/h6-16H,5H2,1-4H3,(H,30,34). The van der Waals surface area contributed by atoms with Crippen LogP contribution in [0, 0.1) is 5.82 Å². The third kappa shape index (κ3) is 5.45. The van der Waals surface area contributed by atoms with Crippen LogP contribution in [0.2, 0.25) is 0 Å². The van der Waals surface area contributed by atoms with E-state index in [0.717, 1.165) is 0 Å². The summed E-state index contributed by atoms with van der Waals surface area (Å²) in [6.07, 6.45) is 0.349. The second-order valence-electron chi connectivity index (χ2n) is 8.06. The summed E-state index contributed by atoms with van der Waals surface area (Å²) in [5.74, 6) is -0.00506. The number of carbonyl (C=O) groups excluding carboxylic acids is 2. The van der Waals surface area contributed by atoms with E-state index < -0.39 is 11.8 Å². The maximum Gasteiger partial charge on any atom is 0.309 e. The van der Waals surface area contributed by atoms with Crippen LogP contribution in [0.1, 0.15) is 20.3 Å². The number of hydrogen-bond acceptors (Lipinski definition) is 6. The van der Waals surface area contributed by atoms with Gasteiger partial charge in [0.1, 0.15) is 11.5 Å². The highest BCUT2D eigenvalue weighted by Crippen LogP contribution is 2.43. The van der Waals surface area contributed by atoms with Crippen molar-refractivity contribution >= 4 is 17.6 Å². The third-order valence-corrected chi connectivity index (χ3v) is 5.57. The molecule has 4 rings (SSSR count). The Labute approximate surface area is 213 Å². The van der Waals surface area contributed by atoms with E-state index in [9.17, 15) is 14.0 Å². The van der Waals surface area contributed by atoms with E-state index in [1.54, 1.807) is 68.6 Å². The summed E-state index contributed by atoms with van der Waals surface area (Å²) in [6.45, 7) is 3.05. The van der Waals surface area contributed by atoms with Crippen LogP contribution in [0.5, 0.6) is 17.4 Å². The molecule has 9 heteroatoms. The predicted octanol–water partition coefficient (Wildman–Crippen LogP) is 5.64. The van der Waals surface area contributed by atoms with Crippen LogP contribution < -0.4 is 19.5 Å². The summed E-state index contributed by atoms with van der Waals surface area (Å²) in [5.41, 5.74) is 3.27. The molecule has 0 saturated heterocycles. The number of aromatic nitrogens is 2. The van der Waals surface area contributed by atoms with Crippen molar-refractivity contribution in [2.24, 2.45) is 0 Å². The minimum Gasteiger partial charge on any atom is -0.493 e. The van der Waals surface area contributed by atoms with Crippen molar-refractivity contribution in [1.29, 1.82) is 0 Å². The van der Waals surface area contributed by atoms with Gasteiger partial charge in [-0.3, -0.25) is 9.59 Å². The van der Waals surface area contributed by atoms with Gasteiger partial charge in [-0.25, -0.2) is 4.39 Å². The molecule has 1 N–H and O–H groups in total. The summed E-state index contributed by atoms with van der Waals surface area (Å²) in [7, 11) is 3.07. The van der Waals surface area contributed by atoms with Crippen LogP contribution in [-0.2, 0) is 9.59 Å². The molecule has 0 bridgehead atoms. The molecule has 1 heterocycles. The molecule has 0 fully saturated rings. The van der Waals surface area contributed by atoms with Crippen LogP contribution in [0.15, 0.2) is 66.7 Å². The predicted molar refractivity (Wildman–Crippen MR) is 138 cm³/mol. The van der Waals surface area contributed by atoms with Gasteiger partial charge >= 0.3 is 5.97 Å².